The molecule has 0 amide bonds. The van der Waals surface area contributed by atoms with Crippen molar-refractivity contribution in [2.45, 2.75) is 19.3 Å². The smallest absolute Gasteiger partial charge is 0.119 e. The number of hydrogen-bond acceptors (Lipinski definition) is 2. The number of allylic oxidation sites excluding steroid dienone is 1. The lowest BCUT2D eigenvalue weighted by Gasteiger charge is -2.07. The largest absolute Gasteiger partial charge is 0.497 e. The molecule has 1 heterocycles. The zero-order valence-electron chi connectivity index (χ0n) is 9.65. The van der Waals surface area contributed by atoms with E-state index in [1.54, 1.807) is 7.11 Å². The molecule has 0 bridgehead atoms. The summed E-state index contributed by atoms with van der Waals surface area (Å²) in [6.45, 7) is 0.984. The molecule has 16 heavy (non-hydrogen) atoms. The quantitative estimate of drug-likeness (QED) is 0.757. The molecule has 0 radical (unpaired) electrons. The molecule has 2 nitrogen and oxygen atoms in total. The Bertz CT molecular complexity index is 407. The van der Waals surface area contributed by atoms with Gasteiger partial charge in [-0.15, -0.1) is 0 Å². The Hall–Kier alpha value is -1.57. The van der Waals surface area contributed by atoms with Crippen LogP contribution in [0.15, 0.2) is 35.3 Å². The van der Waals surface area contributed by atoms with Gasteiger partial charge in [0.2, 0.25) is 0 Å². The predicted molar refractivity (Wildman–Crippen MR) is 68.2 cm³/mol. The number of hydrogen-bond donors (Lipinski definition) is 0. The lowest BCUT2D eigenvalue weighted by atomic mass is 10.1. The van der Waals surface area contributed by atoms with Crippen LogP contribution in [0.4, 0.5) is 0 Å². The van der Waals surface area contributed by atoms with Crippen LogP contribution < -0.4 is 4.74 Å². The molecule has 1 aliphatic heterocycles. The van der Waals surface area contributed by atoms with Crippen molar-refractivity contribution in [3.63, 3.8) is 0 Å². The Kier molecular flexibility index (Phi) is 3.76. The van der Waals surface area contributed by atoms with Crippen molar-refractivity contribution in [2.75, 3.05) is 13.7 Å². The van der Waals surface area contributed by atoms with Gasteiger partial charge >= 0.3 is 0 Å². The fourth-order valence-electron chi connectivity index (χ4n) is 1.79. The van der Waals surface area contributed by atoms with E-state index in [-0.39, 0.29) is 0 Å². The summed E-state index contributed by atoms with van der Waals surface area (Å²) in [6.07, 6.45) is 7.83. The Labute approximate surface area is 96.7 Å². The van der Waals surface area contributed by atoms with Gasteiger partial charge in [0.1, 0.15) is 5.75 Å². The molecule has 2 rings (SSSR count). The second-order valence-corrected chi connectivity index (χ2v) is 3.94. The molecule has 2 heteroatoms. The van der Waals surface area contributed by atoms with Crippen LogP contribution in [0.5, 0.6) is 5.75 Å². The van der Waals surface area contributed by atoms with E-state index in [0.29, 0.717) is 0 Å². The minimum Gasteiger partial charge on any atom is -0.497 e. The van der Waals surface area contributed by atoms with Crippen molar-refractivity contribution in [3.05, 3.63) is 35.9 Å². The highest BCUT2D eigenvalue weighted by atomic mass is 16.5. The van der Waals surface area contributed by atoms with Crippen molar-refractivity contribution >= 4 is 11.8 Å². The number of benzene rings is 1. The van der Waals surface area contributed by atoms with E-state index in [9.17, 15) is 0 Å². The molecular weight excluding hydrogens is 198 g/mol. The molecule has 84 valence electrons. The van der Waals surface area contributed by atoms with Crippen molar-refractivity contribution < 1.29 is 4.74 Å². The van der Waals surface area contributed by atoms with Crippen LogP contribution in [0.25, 0.3) is 6.08 Å². The van der Waals surface area contributed by atoms with Gasteiger partial charge in [0.05, 0.1) is 7.11 Å². The molecule has 0 saturated carbocycles. The van der Waals surface area contributed by atoms with Crippen LogP contribution >= 0.6 is 0 Å². The third-order valence-corrected chi connectivity index (χ3v) is 2.72. The molecule has 1 aliphatic rings. The van der Waals surface area contributed by atoms with Crippen molar-refractivity contribution in [1.29, 1.82) is 0 Å². The molecule has 0 N–H and O–H groups in total. The maximum atomic E-state index is 5.18. The first-order valence-corrected chi connectivity index (χ1v) is 5.74. The number of aliphatic imine (C=N–C) groups is 1. The second kappa shape index (κ2) is 5.50. The van der Waals surface area contributed by atoms with Crippen LogP contribution in [0.3, 0.4) is 0 Å². The first-order chi connectivity index (χ1) is 7.88. The van der Waals surface area contributed by atoms with E-state index in [4.69, 9.17) is 4.74 Å². The minimum absolute atomic E-state index is 0.896. The molecule has 0 aliphatic carbocycles. The Morgan fingerprint density at radius 1 is 1.25 bits per heavy atom. The summed E-state index contributed by atoms with van der Waals surface area (Å²) < 4.78 is 5.18. The molecule has 0 saturated heterocycles. The van der Waals surface area contributed by atoms with Crippen LogP contribution in [-0.2, 0) is 0 Å². The van der Waals surface area contributed by atoms with E-state index >= 15 is 0 Å². The highest BCUT2D eigenvalue weighted by molar-refractivity contribution is 5.98. The Morgan fingerprint density at radius 2 is 2.19 bits per heavy atom. The van der Waals surface area contributed by atoms with Crippen molar-refractivity contribution in [2.24, 2.45) is 4.99 Å². The number of nitrogens with zero attached hydrogens (tertiary/aromatic N) is 1. The highest BCUT2D eigenvalue weighted by Gasteiger charge is 2.00. The summed E-state index contributed by atoms with van der Waals surface area (Å²) in [5, 5.41) is 0. The van der Waals surface area contributed by atoms with E-state index < -0.39 is 0 Å². The van der Waals surface area contributed by atoms with Gasteiger partial charge in [0, 0.05) is 12.3 Å². The van der Waals surface area contributed by atoms with E-state index in [2.05, 4.69) is 23.2 Å². The topological polar surface area (TPSA) is 21.6 Å². The van der Waals surface area contributed by atoms with Gasteiger partial charge in [-0.3, -0.25) is 4.99 Å². The molecule has 0 aromatic heterocycles. The van der Waals surface area contributed by atoms with Crippen LogP contribution in [0.2, 0.25) is 0 Å². The zero-order valence-corrected chi connectivity index (χ0v) is 9.65. The molecule has 1 aromatic carbocycles. The molecule has 0 spiro atoms. The lowest BCUT2D eigenvalue weighted by molar-refractivity contribution is 0.414. The predicted octanol–water partition coefficient (Wildman–Crippen LogP) is 3.33. The summed E-state index contributed by atoms with van der Waals surface area (Å²) >= 11 is 0. The summed E-state index contributed by atoms with van der Waals surface area (Å²) in [4.78, 5) is 4.49. The van der Waals surface area contributed by atoms with Crippen molar-refractivity contribution in [3.8, 4) is 5.75 Å². The van der Waals surface area contributed by atoms with Gasteiger partial charge < -0.3 is 4.74 Å². The highest BCUT2D eigenvalue weighted by Crippen LogP contribution is 2.14. The SMILES string of the molecule is COc1cccc(/C=C/C2=NCCCC2)c1. The van der Waals surface area contributed by atoms with Crippen LogP contribution in [0.1, 0.15) is 24.8 Å². The van der Waals surface area contributed by atoms with E-state index in [0.717, 1.165) is 24.3 Å². The van der Waals surface area contributed by atoms with Gasteiger partial charge in [0.25, 0.3) is 0 Å². The Balaban J connectivity index is 2.07. The van der Waals surface area contributed by atoms with Crippen LogP contribution in [0, 0.1) is 0 Å². The molecule has 1 aromatic rings. The Morgan fingerprint density at radius 3 is 2.94 bits per heavy atom. The first-order valence-electron chi connectivity index (χ1n) is 5.74. The van der Waals surface area contributed by atoms with Gasteiger partial charge in [-0.05, 0) is 43.0 Å². The number of rotatable bonds is 3. The number of ether oxygens (including phenoxy) is 1. The maximum Gasteiger partial charge on any atom is 0.119 e. The normalized spacial score (nSPS) is 16.2. The van der Waals surface area contributed by atoms with E-state index in [1.807, 2.05) is 18.2 Å². The second-order valence-electron chi connectivity index (χ2n) is 3.94. The fourth-order valence-corrected chi connectivity index (χ4v) is 1.79. The summed E-state index contributed by atoms with van der Waals surface area (Å²) in [5.41, 5.74) is 2.38. The maximum absolute atomic E-state index is 5.18. The average Bonchev–Trinajstić information content (AvgIpc) is 2.38. The average molecular weight is 215 g/mol. The fraction of sp³-hybridized carbons (Fsp3) is 0.357. The first kappa shape index (κ1) is 10.9. The molecule has 0 fully saturated rings. The van der Waals surface area contributed by atoms with Gasteiger partial charge in [0.15, 0.2) is 0 Å². The summed E-state index contributed by atoms with van der Waals surface area (Å²) in [7, 11) is 1.69. The summed E-state index contributed by atoms with van der Waals surface area (Å²) in [6, 6.07) is 8.05. The molecule has 0 atom stereocenters. The minimum atomic E-state index is 0.896. The molecular formula is C14H17NO. The van der Waals surface area contributed by atoms with Gasteiger partial charge in [-0.1, -0.05) is 18.2 Å². The van der Waals surface area contributed by atoms with Gasteiger partial charge in [-0.25, -0.2) is 0 Å². The van der Waals surface area contributed by atoms with E-state index in [1.165, 1.54) is 18.6 Å². The molecule has 0 unspecified atom stereocenters. The third-order valence-electron chi connectivity index (χ3n) is 2.72. The lowest BCUT2D eigenvalue weighted by Crippen LogP contribution is -2.02. The summed E-state index contributed by atoms with van der Waals surface area (Å²) in [5.74, 6) is 0.896. The third kappa shape index (κ3) is 2.96. The van der Waals surface area contributed by atoms with Crippen LogP contribution in [-0.4, -0.2) is 19.4 Å². The zero-order chi connectivity index (χ0) is 11.2. The number of methoxy groups -OCH3 is 1. The van der Waals surface area contributed by atoms with Crippen molar-refractivity contribution in [1.82, 2.24) is 0 Å². The van der Waals surface area contributed by atoms with Gasteiger partial charge in [-0.2, -0.15) is 0 Å². The standard InChI is InChI=1S/C14H17NO/c1-16-14-7-4-5-12(11-14)8-9-13-6-2-3-10-15-13/h4-5,7-9,11H,2-3,6,10H2,1H3/b9-8+. The monoisotopic (exact) mass is 215 g/mol.